The number of nitrogens with one attached hydrogen (secondary N) is 1. The van der Waals surface area contributed by atoms with Crippen molar-refractivity contribution in [1.82, 2.24) is 4.98 Å². The summed E-state index contributed by atoms with van der Waals surface area (Å²) in [5.41, 5.74) is 0.297. The molecular weight excluding hydrogens is 279 g/mol. The fourth-order valence-corrected chi connectivity index (χ4v) is 2.45. The molecule has 1 aromatic carbocycles. The van der Waals surface area contributed by atoms with Crippen molar-refractivity contribution in [2.24, 2.45) is 0 Å². The first kappa shape index (κ1) is 14.5. The number of benzene rings is 1. The quantitative estimate of drug-likeness (QED) is 0.888. The van der Waals surface area contributed by atoms with Crippen LogP contribution in [0.5, 0.6) is 0 Å². The van der Waals surface area contributed by atoms with E-state index in [1.807, 2.05) is 6.07 Å². The molecule has 4 nitrogen and oxygen atoms in total. The van der Waals surface area contributed by atoms with Gasteiger partial charge in [-0.2, -0.15) is 0 Å². The Morgan fingerprint density at radius 1 is 1.50 bits per heavy atom. The Balaban J connectivity index is 2.05. The molecule has 0 bridgehead atoms. The lowest BCUT2D eigenvalue weighted by Gasteiger charge is -2.15. The monoisotopic (exact) mass is 294 g/mol. The van der Waals surface area contributed by atoms with Crippen molar-refractivity contribution in [3.63, 3.8) is 0 Å². The molecule has 1 aromatic heterocycles. The van der Waals surface area contributed by atoms with Crippen molar-refractivity contribution in [2.45, 2.75) is 25.8 Å². The van der Waals surface area contributed by atoms with Gasteiger partial charge >= 0.3 is 5.97 Å². The average molecular weight is 294 g/mol. The molecule has 0 aliphatic rings. The molecule has 2 aromatic rings. The van der Waals surface area contributed by atoms with Crippen LogP contribution >= 0.6 is 11.3 Å². The van der Waals surface area contributed by atoms with Crippen molar-refractivity contribution in [3.8, 4) is 0 Å². The van der Waals surface area contributed by atoms with Crippen LogP contribution < -0.4 is 5.32 Å². The van der Waals surface area contributed by atoms with E-state index in [0.717, 1.165) is 5.56 Å². The van der Waals surface area contributed by atoms with Crippen molar-refractivity contribution in [3.05, 3.63) is 46.7 Å². The van der Waals surface area contributed by atoms with Crippen molar-refractivity contribution >= 4 is 22.4 Å². The first-order valence-corrected chi connectivity index (χ1v) is 6.95. The maximum atomic E-state index is 13.0. The number of thiazole rings is 1. The Labute approximate surface area is 120 Å². The van der Waals surface area contributed by atoms with Crippen LogP contribution in [0.15, 0.2) is 29.6 Å². The van der Waals surface area contributed by atoms with Gasteiger partial charge in [-0.25, -0.2) is 9.37 Å². The minimum absolute atomic E-state index is 0.281. The maximum absolute atomic E-state index is 13.0. The van der Waals surface area contributed by atoms with Crippen molar-refractivity contribution in [2.75, 3.05) is 5.32 Å². The predicted octanol–water partition coefficient (Wildman–Crippen LogP) is 3.26. The number of hydrogen-bond donors (Lipinski definition) is 2. The number of aliphatic carboxylic acids is 1. The molecule has 1 heterocycles. The normalized spacial score (nSPS) is 11.3. The number of carbonyl (C=O) groups is 1. The Kier molecular flexibility index (Phi) is 4.04. The smallest absolute Gasteiger partial charge is 0.315 e. The Morgan fingerprint density at radius 3 is 2.90 bits per heavy atom. The second kappa shape index (κ2) is 5.58. The molecular formula is C14H15FN2O2S. The summed E-state index contributed by atoms with van der Waals surface area (Å²) < 4.78 is 13.0. The highest BCUT2D eigenvalue weighted by Crippen LogP contribution is 2.27. The molecule has 0 saturated carbocycles. The van der Waals surface area contributed by atoms with Gasteiger partial charge < -0.3 is 10.4 Å². The zero-order valence-corrected chi connectivity index (χ0v) is 12.0. The number of hydrogen-bond acceptors (Lipinski definition) is 4. The first-order chi connectivity index (χ1) is 9.39. The third-order valence-electron chi connectivity index (χ3n) is 3.01. The fraction of sp³-hybridized carbons (Fsp3) is 0.286. The van der Waals surface area contributed by atoms with Gasteiger partial charge in [-0.1, -0.05) is 12.1 Å². The van der Waals surface area contributed by atoms with E-state index in [9.17, 15) is 9.18 Å². The number of carboxylic acids is 1. The van der Waals surface area contributed by atoms with Gasteiger partial charge in [-0.15, -0.1) is 11.3 Å². The lowest BCUT2D eigenvalue weighted by atomic mass is 9.90. The molecule has 6 heteroatoms. The second-order valence-corrected chi connectivity index (χ2v) is 5.81. The van der Waals surface area contributed by atoms with Crippen LogP contribution in [-0.4, -0.2) is 16.1 Å². The second-order valence-electron chi connectivity index (χ2n) is 4.95. The molecule has 106 valence electrons. The van der Waals surface area contributed by atoms with Crippen LogP contribution in [-0.2, 0) is 16.8 Å². The molecule has 0 spiro atoms. The largest absolute Gasteiger partial charge is 0.481 e. The molecule has 0 unspecified atom stereocenters. The number of carboxylic acid groups (broad SMARTS) is 1. The summed E-state index contributed by atoms with van der Waals surface area (Å²) in [5, 5.41) is 14.6. The predicted molar refractivity (Wildman–Crippen MR) is 76.5 cm³/mol. The topological polar surface area (TPSA) is 62.2 Å². The zero-order chi connectivity index (χ0) is 14.8. The van der Waals surface area contributed by atoms with E-state index in [-0.39, 0.29) is 5.82 Å². The number of anilines is 1. The molecule has 0 fully saturated rings. The van der Waals surface area contributed by atoms with Gasteiger partial charge in [0.2, 0.25) is 0 Å². The van der Waals surface area contributed by atoms with Gasteiger partial charge in [0.05, 0.1) is 5.69 Å². The van der Waals surface area contributed by atoms with E-state index >= 15 is 0 Å². The summed E-state index contributed by atoms with van der Waals surface area (Å²) in [6.07, 6.45) is 0. The maximum Gasteiger partial charge on any atom is 0.315 e. The van der Waals surface area contributed by atoms with Gasteiger partial charge in [-0.05, 0) is 31.5 Å². The van der Waals surface area contributed by atoms with Crippen molar-refractivity contribution < 1.29 is 14.3 Å². The average Bonchev–Trinajstić information content (AvgIpc) is 2.85. The molecule has 2 rings (SSSR count). The fourth-order valence-electron chi connectivity index (χ4n) is 1.58. The lowest BCUT2D eigenvalue weighted by Crippen LogP contribution is -2.28. The van der Waals surface area contributed by atoms with Crippen LogP contribution in [0.3, 0.4) is 0 Å². The minimum Gasteiger partial charge on any atom is -0.481 e. The van der Waals surface area contributed by atoms with Crippen LogP contribution in [0.25, 0.3) is 0 Å². The SMILES string of the molecule is CC(C)(C(=O)O)c1csc(NCc2cccc(F)c2)n1. The van der Waals surface area contributed by atoms with E-state index in [2.05, 4.69) is 10.3 Å². The molecule has 0 aliphatic carbocycles. The summed E-state index contributed by atoms with van der Waals surface area (Å²) in [6, 6.07) is 6.29. The zero-order valence-electron chi connectivity index (χ0n) is 11.2. The molecule has 0 radical (unpaired) electrons. The number of rotatable bonds is 5. The van der Waals surface area contributed by atoms with E-state index in [1.54, 1.807) is 25.3 Å². The highest BCUT2D eigenvalue weighted by atomic mass is 32.1. The van der Waals surface area contributed by atoms with Crippen LogP contribution in [0, 0.1) is 5.82 Å². The summed E-state index contributed by atoms with van der Waals surface area (Å²) in [6.45, 7) is 3.67. The Bertz CT molecular complexity index is 625. The van der Waals surface area contributed by atoms with Crippen LogP contribution in [0.4, 0.5) is 9.52 Å². The lowest BCUT2D eigenvalue weighted by molar-refractivity contribution is -0.142. The molecule has 0 aliphatic heterocycles. The van der Waals surface area contributed by atoms with Gasteiger partial charge in [0.15, 0.2) is 5.13 Å². The number of nitrogens with zero attached hydrogens (tertiary/aromatic N) is 1. The minimum atomic E-state index is -1.02. The van der Waals surface area contributed by atoms with Crippen molar-refractivity contribution in [1.29, 1.82) is 0 Å². The summed E-state index contributed by atoms with van der Waals surface area (Å²) in [7, 11) is 0. The summed E-state index contributed by atoms with van der Waals surface area (Å²) >= 11 is 1.34. The third kappa shape index (κ3) is 3.14. The first-order valence-electron chi connectivity index (χ1n) is 6.07. The number of aromatic nitrogens is 1. The highest BCUT2D eigenvalue weighted by molar-refractivity contribution is 7.13. The highest BCUT2D eigenvalue weighted by Gasteiger charge is 2.32. The summed E-state index contributed by atoms with van der Waals surface area (Å²) in [4.78, 5) is 15.4. The standard InChI is InChI=1S/C14H15FN2O2S/c1-14(2,12(18)19)11-8-20-13(17-11)16-7-9-4-3-5-10(15)6-9/h3-6,8H,7H2,1-2H3,(H,16,17)(H,18,19). The summed E-state index contributed by atoms with van der Waals surface area (Å²) in [5.74, 6) is -1.20. The molecule has 0 amide bonds. The van der Waals surface area contributed by atoms with Gasteiger partial charge in [-0.3, -0.25) is 4.79 Å². The van der Waals surface area contributed by atoms with E-state index in [1.165, 1.54) is 23.5 Å². The molecule has 2 N–H and O–H groups in total. The van der Waals surface area contributed by atoms with E-state index < -0.39 is 11.4 Å². The number of halogens is 1. The van der Waals surface area contributed by atoms with Gasteiger partial charge in [0.25, 0.3) is 0 Å². The van der Waals surface area contributed by atoms with Crippen LogP contribution in [0.2, 0.25) is 0 Å². The Morgan fingerprint density at radius 2 is 2.25 bits per heavy atom. The molecule has 0 atom stereocenters. The molecule has 20 heavy (non-hydrogen) atoms. The van der Waals surface area contributed by atoms with E-state index in [0.29, 0.717) is 17.4 Å². The molecule has 0 saturated heterocycles. The van der Waals surface area contributed by atoms with Gasteiger partial charge in [0, 0.05) is 11.9 Å². The van der Waals surface area contributed by atoms with Gasteiger partial charge in [0.1, 0.15) is 11.2 Å². The Hall–Kier alpha value is -1.95. The van der Waals surface area contributed by atoms with E-state index in [4.69, 9.17) is 5.11 Å². The van der Waals surface area contributed by atoms with Crippen LogP contribution in [0.1, 0.15) is 25.1 Å². The third-order valence-corrected chi connectivity index (χ3v) is 3.81.